The number of benzene rings is 2. The van der Waals surface area contributed by atoms with E-state index in [-0.39, 0.29) is 29.4 Å². The van der Waals surface area contributed by atoms with Crippen LogP contribution in [0, 0.1) is 0 Å². The van der Waals surface area contributed by atoms with Crippen molar-refractivity contribution in [1.29, 1.82) is 0 Å². The lowest BCUT2D eigenvalue weighted by Gasteiger charge is -2.37. The van der Waals surface area contributed by atoms with E-state index in [0.29, 0.717) is 53.0 Å². The highest BCUT2D eigenvalue weighted by atomic mass is 35.5. The Balaban J connectivity index is 1.46. The molecule has 0 saturated heterocycles. The van der Waals surface area contributed by atoms with Crippen LogP contribution in [0.3, 0.4) is 0 Å². The van der Waals surface area contributed by atoms with Crippen LogP contribution in [-0.4, -0.2) is 35.9 Å². The normalized spacial score (nSPS) is 18.1. The van der Waals surface area contributed by atoms with Gasteiger partial charge in [-0.1, -0.05) is 17.7 Å². The number of fused-ring (bicyclic) bond motifs is 1. The van der Waals surface area contributed by atoms with E-state index < -0.39 is 11.9 Å². The molecule has 36 heavy (non-hydrogen) atoms. The first-order chi connectivity index (χ1) is 17.0. The van der Waals surface area contributed by atoms with Crippen LogP contribution in [0.4, 0.5) is 24.5 Å². The highest BCUT2D eigenvalue weighted by Gasteiger charge is 2.35. The molecule has 1 aromatic heterocycles. The Morgan fingerprint density at radius 2 is 1.78 bits per heavy atom. The van der Waals surface area contributed by atoms with Gasteiger partial charge in [0.25, 0.3) is 5.91 Å². The van der Waals surface area contributed by atoms with Crippen molar-refractivity contribution in [3.63, 3.8) is 0 Å². The van der Waals surface area contributed by atoms with Crippen LogP contribution in [0.5, 0.6) is 0 Å². The van der Waals surface area contributed by atoms with Gasteiger partial charge in [0, 0.05) is 53.4 Å². The Kier molecular flexibility index (Phi) is 7.40. The van der Waals surface area contributed by atoms with Crippen molar-refractivity contribution in [3.8, 4) is 0 Å². The molecule has 0 bridgehead atoms. The monoisotopic (exact) mass is 518 g/mol. The molecule has 0 spiro atoms. The number of pyridine rings is 1. The number of rotatable bonds is 5. The van der Waals surface area contributed by atoms with E-state index in [9.17, 15) is 22.8 Å². The summed E-state index contributed by atoms with van der Waals surface area (Å²) in [6.45, 7) is 1.40. The highest BCUT2D eigenvalue weighted by molar-refractivity contribution is 6.31. The number of nitrogens with one attached hydrogen (secondary N) is 2. The molecule has 1 aliphatic carbocycles. The van der Waals surface area contributed by atoms with E-state index in [4.69, 9.17) is 11.6 Å². The lowest BCUT2D eigenvalue weighted by atomic mass is 9.89. The number of carbonyl (C=O) groups is 2. The third kappa shape index (κ3) is 5.90. The zero-order chi connectivity index (χ0) is 26.0. The van der Waals surface area contributed by atoms with Gasteiger partial charge in [-0.2, -0.15) is 13.2 Å². The summed E-state index contributed by atoms with van der Waals surface area (Å²) in [5.41, 5.74) is 0.709. The predicted octanol–water partition coefficient (Wildman–Crippen LogP) is 6.04. The van der Waals surface area contributed by atoms with Gasteiger partial charge in [-0.15, -0.1) is 0 Å². The number of nitrogens with zero attached hydrogens (tertiary/aromatic N) is 2. The number of alkyl halides is 3. The van der Waals surface area contributed by atoms with Crippen LogP contribution in [0.25, 0.3) is 10.9 Å². The van der Waals surface area contributed by atoms with Crippen molar-refractivity contribution in [3.05, 3.63) is 64.8 Å². The average molecular weight is 519 g/mol. The van der Waals surface area contributed by atoms with Crippen molar-refractivity contribution in [2.75, 3.05) is 17.3 Å². The quantitative estimate of drug-likeness (QED) is 0.431. The number of amides is 2. The summed E-state index contributed by atoms with van der Waals surface area (Å²) < 4.78 is 40.5. The first-order valence-corrected chi connectivity index (χ1v) is 12.0. The number of halogens is 4. The van der Waals surface area contributed by atoms with Gasteiger partial charge >= 0.3 is 6.18 Å². The number of carbonyl (C=O) groups excluding carboxylic acids is 2. The number of aromatic nitrogens is 1. The van der Waals surface area contributed by atoms with Crippen LogP contribution < -0.4 is 15.5 Å². The summed E-state index contributed by atoms with van der Waals surface area (Å²) in [6, 6.07) is 12.4. The number of hydrogen-bond acceptors (Lipinski definition) is 4. The molecule has 0 atom stereocenters. The minimum Gasteiger partial charge on any atom is -0.371 e. The Bertz CT molecular complexity index is 1290. The van der Waals surface area contributed by atoms with Gasteiger partial charge in [-0.05, 0) is 68.1 Å². The van der Waals surface area contributed by atoms with Gasteiger partial charge in [0.15, 0.2) is 0 Å². The number of anilines is 2. The van der Waals surface area contributed by atoms with Gasteiger partial charge in [0.2, 0.25) is 5.91 Å². The first-order valence-electron chi connectivity index (χ1n) is 11.6. The maximum absolute atomic E-state index is 13.5. The maximum atomic E-state index is 13.5. The summed E-state index contributed by atoms with van der Waals surface area (Å²) in [5.74, 6) is -0.454. The molecule has 3 aromatic rings. The zero-order valence-corrected chi connectivity index (χ0v) is 20.6. The van der Waals surface area contributed by atoms with Gasteiger partial charge in [-0.3, -0.25) is 9.59 Å². The summed E-state index contributed by atoms with van der Waals surface area (Å²) in [7, 11) is 1.78. The molecule has 2 amide bonds. The molecule has 4 rings (SSSR count). The molecule has 1 saturated carbocycles. The largest absolute Gasteiger partial charge is 0.433 e. The Labute approximate surface area is 211 Å². The fourth-order valence-electron chi connectivity index (χ4n) is 4.63. The van der Waals surface area contributed by atoms with Gasteiger partial charge in [-0.25, -0.2) is 4.98 Å². The molecule has 2 N–H and O–H groups in total. The molecule has 2 aromatic carbocycles. The lowest BCUT2D eigenvalue weighted by Crippen LogP contribution is -2.43. The van der Waals surface area contributed by atoms with E-state index in [0.717, 1.165) is 6.07 Å². The Hall–Kier alpha value is -3.33. The van der Waals surface area contributed by atoms with Gasteiger partial charge in [0.05, 0.1) is 5.52 Å². The second-order valence-corrected chi connectivity index (χ2v) is 9.47. The molecule has 0 radical (unpaired) electrons. The summed E-state index contributed by atoms with van der Waals surface area (Å²) in [4.78, 5) is 29.7. The van der Waals surface area contributed by atoms with Crippen LogP contribution in [0.2, 0.25) is 5.02 Å². The second-order valence-electron chi connectivity index (χ2n) is 9.04. The van der Waals surface area contributed by atoms with Gasteiger partial charge < -0.3 is 15.5 Å². The van der Waals surface area contributed by atoms with Crippen LogP contribution in [0.1, 0.15) is 48.7 Å². The molecule has 0 aliphatic heterocycles. The van der Waals surface area contributed by atoms with Gasteiger partial charge in [0.1, 0.15) is 5.69 Å². The highest BCUT2D eigenvalue weighted by Crippen LogP contribution is 2.37. The third-order valence-electron chi connectivity index (χ3n) is 6.44. The van der Waals surface area contributed by atoms with E-state index in [1.807, 2.05) is 4.90 Å². The SMILES string of the molecule is CC(=O)Nc1cccc(C(=O)N[C@H]2CC[C@@H](N(C)c3cc(C(F)(F)F)nc4ccc(Cl)cc34)CC2)c1. The summed E-state index contributed by atoms with van der Waals surface area (Å²) >= 11 is 6.13. The number of hydrogen-bond donors (Lipinski definition) is 2. The predicted molar refractivity (Wildman–Crippen MR) is 134 cm³/mol. The molecule has 1 heterocycles. The van der Waals surface area contributed by atoms with E-state index in [2.05, 4.69) is 15.6 Å². The molecular weight excluding hydrogens is 493 g/mol. The van der Waals surface area contributed by atoms with Crippen LogP contribution in [-0.2, 0) is 11.0 Å². The molecule has 0 unspecified atom stereocenters. The Morgan fingerprint density at radius 3 is 2.44 bits per heavy atom. The minimum atomic E-state index is -4.57. The smallest absolute Gasteiger partial charge is 0.371 e. The molecule has 6 nitrogen and oxygen atoms in total. The third-order valence-corrected chi connectivity index (χ3v) is 6.68. The minimum absolute atomic E-state index is 0.00749. The van der Waals surface area contributed by atoms with Crippen molar-refractivity contribution < 1.29 is 22.8 Å². The van der Waals surface area contributed by atoms with Crippen LogP contribution >= 0.6 is 11.6 Å². The van der Waals surface area contributed by atoms with E-state index in [1.54, 1.807) is 37.4 Å². The fraction of sp³-hybridized carbons (Fsp3) is 0.346. The van der Waals surface area contributed by atoms with Crippen molar-refractivity contribution >= 4 is 45.7 Å². The van der Waals surface area contributed by atoms with Crippen molar-refractivity contribution in [1.82, 2.24) is 10.3 Å². The van der Waals surface area contributed by atoms with E-state index >= 15 is 0 Å². The Morgan fingerprint density at radius 1 is 1.06 bits per heavy atom. The molecule has 1 fully saturated rings. The molecule has 1 aliphatic rings. The molecule has 190 valence electrons. The first kappa shape index (κ1) is 25.8. The zero-order valence-electron chi connectivity index (χ0n) is 19.8. The topological polar surface area (TPSA) is 74.3 Å². The summed E-state index contributed by atoms with van der Waals surface area (Å²) in [5, 5.41) is 6.68. The van der Waals surface area contributed by atoms with Crippen molar-refractivity contribution in [2.24, 2.45) is 0 Å². The average Bonchev–Trinajstić information content (AvgIpc) is 2.82. The molecule has 10 heteroatoms. The van der Waals surface area contributed by atoms with Crippen molar-refractivity contribution in [2.45, 2.75) is 50.9 Å². The second kappa shape index (κ2) is 10.3. The summed E-state index contributed by atoms with van der Waals surface area (Å²) in [6.07, 6.45) is -1.81. The van der Waals surface area contributed by atoms with E-state index in [1.165, 1.54) is 19.1 Å². The lowest BCUT2D eigenvalue weighted by molar-refractivity contribution is -0.140. The fourth-order valence-corrected chi connectivity index (χ4v) is 4.80. The van der Waals surface area contributed by atoms with Crippen LogP contribution in [0.15, 0.2) is 48.5 Å². The molecular formula is C26H26ClF3N4O2. The standard InChI is InChI=1S/C26H26ClF3N4O2/c1-15(35)31-19-5-3-4-16(12-19)25(36)32-18-7-9-20(10-8-18)34(2)23-14-24(26(28,29)30)33-22-11-6-17(27)13-21(22)23/h3-6,11-14,18,20H,7-10H2,1-2H3,(H,31,35)(H,32,36)/t18-,20+. The maximum Gasteiger partial charge on any atom is 0.433 e.